The van der Waals surface area contributed by atoms with E-state index in [4.69, 9.17) is 4.74 Å². The predicted molar refractivity (Wildman–Crippen MR) is 191 cm³/mol. The van der Waals surface area contributed by atoms with Crippen molar-refractivity contribution < 1.29 is 28.7 Å². The number of nitrogens with one attached hydrogen (secondary N) is 2. The molecule has 1 fully saturated rings. The van der Waals surface area contributed by atoms with E-state index in [0.29, 0.717) is 17.8 Å². The Kier molecular flexibility index (Phi) is 14.7. The summed E-state index contributed by atoms with van der Waals surface area (Å²) in [5.41, 5.74) is 5.15. The second-order valence-electron chi connectivity index (χ2n) is 13.4. The van der Waals surface area contributed by atoms with Gasteiger partial charge in [0.15, 0.2) is 6.54 Å². The third-order valence-corrected chi connectivity index (χ3v) is 10.1. The summed E-state index contributed by atoms with van der Waals surface area (Å²) in [6.07, 6.45) is 9.47. The number of likely N-dealkylation sites (tertiary alicyclic amines) is 1. The lowest BCUT2D eigenvalue weighted by molar-refractivity contribution is -0.919. The molecule has 3 rings (SSSR count). The quantitative estimate of drug-likeness (QED) is 0.116. The molecule has 2 aromatic carbocycles. The summed E-state index contributed by atoms with van der Waals surface area (Å²) in [5, 5.41) is 15.8. The summed E-state index contributed by atoms with van der Waals surface area (Å²) in [5.74, 6) is -0.186. The second-order valence-corrected chi connectivity index (χ2v) is 13.4. The number of hydrogen-bond donors (Lipinski definition) is 3. The molecule has 0 bridgehead atoms. The lowest BCUT2D eigenvalue weighted by atomic mass is 9.99. The molecule has 2 amide bonds. The number of ether oxygens (including phenoxy) is 1. The normalized spacial score (nSPS) is 16.4. The minimum Gasteiger partial charge on any atom is -0.496 e. The van der Waals surface area contributed by atoms with Crippen molar-refractivity contribution in [3.8, 4) is 5.75 Å². The molecule has 1 unspecified atom stereocenters. The van der Waals surface area contributed by atoms with Crippen LogP contribution in [0.2, 0.25) is 0 Å². The first-order valence-electron chi connectivity index (χ1n) is 17.6. The first kappa shape index (κ1) is 38.0. The van der Waals surface area contributed by atoms with Gasteiger partial charge in [-0.1, -0.05) is 38.3 Å². The van der Waals surface area contributed by atoms with Crippen LogP contribution in [0.25, 0.3) is 0 Å². The first-order chi connectivity index (χ1) is 22.5. The Balaban J connectivity index is 1.48. The Morgan fingerprint density at radius 1 is 0.872 bits per heavy atom. The Bertz CT molecular complexity index is 1380. The molecule has 0 radical (unpaired) electrons. The van der Waals surface area contributed by atoms with Crippen molar-refractivity contribution in [1.29, 1.82) is 0 Å². The lowest BCUT2D eigenvalue weighted by Crippen LogP contribution is -2.53. The molecule has 1 aliphatic rings. The fourth-order valence-electron chi connectivity index (χ4n) is 7.22. The van der Waals surface area contributed by atoms with Crippen LogP contribution in [-0.2, 0) is 9.59 Å². The van der Waals surface area contributed by atoms with Crippen LogP contribution < -0.4 is 15.4 Å². The van der Waals surface area contributed by atoms with E-state index in [2.05, 4.69) is 29.4 Å². The molecular formula is C38H59N4O5+. The molecule has 9 nitrogen and oxygen atoms in total. The molecule has 2 atom stereocenters. The molecule has 0 spiro atoms. The van der Waals surface area contributed by atoms with E-state index in [1.54, 1.807) is 26.2 Å². The number of likely N-dealkylation sites (N-methyl/N-ethyl adjacent to an activating group) is 1. The molecule has 3 N–H and O–H groups in total. The van der Waals surface area contributed by atoms with Crippen molar-refractivity contribution in [2.75, 3.05) is 57.0 Å². The van der Waals surface area contributed by atoms with Crippen LogP contribution in [0.15, 0.2) is 24.3 Å². The van der Waals surface area contributed by atoms with Gasteiger partial charge in [-0.2, -0.15) is 0 Å². The average molecular weight is 652 g/mol. The number of nitrogens with zero attached hydrogens (tertiary/aromatic N) is 2. The number of aromatic carboxylic acids is 1. The first-order valence-corrected chi connectivity index (χ1v) is 17.6. The van der Waals surface area contributed by atoms with E-state index in [9.17, 15) is 19.5 Å². The van der Waals surface area contributed by atoms with Gasteiger partial charge in [0.2, 0.25) is 5.91 Å². The number of carboxylic acids is 1. The van der Waals surface area contributed by atoms with Gasteiger partial charge in [0.05, 0.1) is 44.0 Å². The molecule has 2 aromatic rings. The highest BCUT2D eigenvalue weighted by atomic mass is 16.5. The number of benzene rings is 2. The Hall–Kier alpha value is -3.43. The summed E-state index contributed by atoms with van der Waals surface area (Å²) >= 11 is 0. The number of amides is 2. The van der Waals surface area contributed by atoms with Crippen LogP contribution in [0.5, 0.6) is 5.75 Å². The maximum Gasteiger partial charge on any atom is 0.336 e. The van der Waals surface area contributed by atoms with Gasteiger partial charge >= 0.3 is 5.97 Å². The van der Waals surface area contributed by atoms with Crippen molar-refractivity contribution in [3.63, 3.8) is 0 Å². The molecule has 1 heterocycles. The number of methoxy groups -OCH3 is 1. The van der Waals surface area contributed by atoms with Gasteiger partial charge < -0.3 is 25.0 Å². The number of carbonyl (C=O) groups is 3. The van der Waals surface area contributed by atoms with Crippen molar-refractivity contribution in [1.82, 2.24) is 4.90 Å². The molecular weight excluding hydrogens is 592 g/mol. The fourth-order valence-corrected chi connectivity index (χ4v) is 7.22. The molecule has 260 valence electrons. The van der Waals surface area contributed by atoms with Crippen molar-refractivity contribution in [3.05, 3.63) is 52.1 Å². The minimum absolute atomic E-state index is 0.0382. The number of hydrogen-bond acceptors (Lipinski definition) is 5. The largest absolute Gasteiger partial charge is 0.496 e. The van der Waals surface area contributed by atoms with E-state index in [1.807, 2.05) is 32.9 Å². The topological polar surface area (TPSA) is 108 Å². The van der Waals surface area contributed by atoms with Gasteiger partial charge in [-0.25, -0.2) is 4.79 Å². The highest BCUT2D eigenvalue weighted by Crippen LogP contribution is 2.29. The van der Waals surface area contributed by atoms with E-state index in [0.717, 1.165) is 123 Å². The summed E-state index contributed by atoms with van der Waals surface area (Å²) < 4.78 is 6.27. The number of anilines is 2. The van der Waals surface area contributed by atoms with E-state index < -0.39 is 5.97 Å². The highest BCUT2D eigenvalue weighted by molar-refractivity contribution is 5.99. The van der Waals surface area contributed by atoms with Crippen molar-refractivity contribution in [2.45, 2.75) is 105 Å². The molecule has 47 heavy (non-hydrogen) atoms. The number of rotatable bonds is 18. The zero-order valence-electron chi connectivity index (χ0n) is 30.0. The number of quaternary nitrogens is 1. The van der Waals surface area contributed by atoms with Gasteiger partial charge in [-0.15, -0.1) is 0 Å². The predicted octanol–water partition coefficient (Wildman–Crippen LogP) is 7.26. The molecule has 9 heteroatoms. The molecule has 0 saturated carbocycles. The number of piperidine rings is 1. The van der Waals surface area contributed by atoms with Gasteiger partial charge in [0.1, 0.15) is 5.75 Å². The molecule has 0 aliphatic carbocycles. The fraction of sp³-hybridized carbons (Fsp3) is 0.605. The van der Waals surface area contributed by atoms with E-state index in [-0.39, 0.29) is 23.4 Å². The van der Waals surface area contributed by atoms with Crippen molar-refractivity contribution >= 4 is 29.2 Å². The molecule has 1 aliphatic heterocycles. The number of carboxylic acid groups (broad SMARTS) is 1. The summed E-state index contributed by atoms with van der Waals surface area (Å²) in [6.45, 7) is 17.2. The van der Waals surface area contributed by atoms with Crippen LogP contribution in [0.3, 0.4) is 0 Å². The van der Waals surface area contributed by atoms with Crippen LogP contribution in [0.4, 0.5) is 11.4 Å². The lowest BCUT2D eigenvalue weighted by Gasteiger charge is -2.37. The number of unbranched alkanes of at least 4 members (excludes halogenated alkanes) is 4. The van der Waals surface area contributed by atoms with E-state index >= 15 is 0 Å². The number of carbonyl (C=O) groups excluding carboxylic acids is 2. The van der Waals surface area contributed by atoms with E-state index in [1.165, 1.54) is 0 Å². The van der Waals surface area contributed by atoms with Crippen LogP contribution in [0, 0.1) is 27.7 Å². The SMILES string of the molecule is CCC[N+](CC)(CCCCCCCN1CCCC[C@@H]1C(=O)Nc1c(C)ccc(C(=O)O)c1C)CC(=O)Nc1c(C)ccc(OC)c1C. The summed E-state index contributed by atoms with van der Waals surface area (Å²) in [6, 6.07) is 7.10. The van der Waals surface area contributed by atoms with Gasteiger partial charge in [-0.3, -0.25) is 14.5 Å². The monoisotopic (exact) mass is 651 g/mol. The second kappa shape index (κ2) is 18.2. The zero-order chi connectivity index (χ0) is 34.6. The maximum absolute atomic E-state index is 13.4. The smallest absolute Gasteiger partial charge is 0.336 e. The maximum atomic E-state index is 13.4. The average Bonchev–Trinajstić information content (AvgIpc) is 3.04. The Morgan fingerprint density at radius 3 is 2.19 bits per heavy atom. The van der Waals surface area contributed by atoms with Gasteiger partial charge in [-0.05, 0) is 115 Å². The summed E-state index contributed by atoms with van der Waals surface area (Å²) in [4.78, 5) is 40.7. The Morgan fingerprint density at radius 2 is 1.53 bits per heavy atom. The standard InChI is InChI=1S/C38H58N4O5/c1-8-24-42(9-2,26-34(43)39-36-28(4)19-21-33(47-7)30(36)6)25-16-12-10-11-14-22-41-23-15-13-17-32(41)37(44)40-35-27(3)18-20-31(29(35)5)38(45)46/h18-21,32H,8-17,22-26H2,1-7H3,(H2-,39,40,43,44,45,46)/p+1/t32-,42?/m1/s1. The van der Waals surface area contributed by atoms with Crippen LogP contribution in [0.1, 0.15) is 104 Å². The van der Waals surface area contributed by atoms with Crippen molar-refractivity contribution in [2.24, 2.45) is 0 Å². The zero-order valence-corrected chi connectivity index (χ0v) is 30.0. The highest BCUT2D eigenvalue weighted by Gasteiger charge is 2.30. The van der Waals surface area contributed by atoms with Gasteiger partial charge in [0, 0.05) is 11.3 Å². The Labute approximate surface area is 282 Å². The third kappa shape index (κ3) is 10.3. The minimum atomic E-state index is -0.984. The van der Waals surface area contributed by atoms with Gasteiger partial charge in [0.25, 0.3) is 5.91 Å². The van der Waals surface area contributed by atoms with Crippen LogP contribution >= 0.6 is 0 Å². The van der Waals surface area contributed by atoms with Crippen LogP contribution in [-0.4, -0.2) is 84.7 Å². The number of aryl methyl sites for hydroxylation is 2. The summed E-state index contributed by atoms with van der Waals surface area (Å²) in [7, 11) is 1.65. The third-order valence-electron chi connectivity index (χ3n) is 10.1. The molecule has 0 aromatic heterocycles. The molecule has 1 saturated heterocycles.